The molecule has 0 atom stereocenters. The average molecular weight is 295 g/mol. The van der Waals surface area contributed by atoms with E-state index in [-0.39, 0.29) is 5.54 Å². The van der Waals surface area contributed by atoms with Crippen molar-refractivity contribution in [2.24, 2.45) is 4.99 Å². The lowest BCUT2D eigenvalue weighted by Gasteiger charge is -2.29. The molecule has 1 spiro atoms. The number of halogens is 1. The van der Waals surface area contributed by atoms with Crippen LogP contribution in [0.3, 0.4) is 0 Å². The third kappa shape index (κ3) is 2.77. The van der Waals surface area contributed by atoms with Crippen molar-refractivity contribution in [1.29, 1.82) is 0 Å². The van der Waals surface area contributed by atoms with Crippen LogP contribution in [-0.2, 0) is 0 Å². The van der Waals surface area contributed by atoms with E-state index in [9.17, 15) is 0 Å². The van der Waals surface area contributed by atoms with Crippen LogP contribution in [0.15, 0.2) is 23.2 Å². The number of aliphatic imine (C=N–C) groups is 1. The standard InChI is InChI=1S/C15H19ClN2S/c1-11-12(16)6-5-7-13(11)17-14-18-15(10-19-14)8-3-2-4-9-15/h5-7H,2-4,8-10H2,1H3,(H,17,18). The first-order valence-electron chi connectivity index (χ1n) is 6.93. The molecule has 0 amide bonds. The van der Waals surface area contributed by atoms with E-state index >= 15 is 0 Å². The molecule has 0 radical (unpaired) electrons. The van der Waals surface area contributed by atoms with Gasteiger partial charge in [-0.2, -0.15) is 0 Å². The number of hydrogen-bond donors (Lipinski definition) is 1. The van der Waals surface area contributed by atoms with E-state index in [2.05, 4.69) is 11.4 Å². The summed E-state index contributed by atoms with van der Waals surface area (Å²) in [6, 6.07) is 5.97. The zero-order valence-electron chi connectivity index (χ0n) is 11.2. The normalized spacial score (nSPS) is 21.5. The van der Waals surface area contributed by atoms with Crippen LogP contribution in [0.2, 0.25) is 5.02 Å². The molecule has 2 nitrogen and oxygen atoms in total. The summed E-state index contributed by atoms with van der Waals surface area (Å²) in [7, 11) is 0. The largest absolute Gasteiger partial charge is 0.335 e. The molecular weight excluding hydrogens is 276 g/mol. The second-order valence-electron chi connectivity index (χ2n) is 5.53. The maximum Gasteiger partial charge on any atom is 0.161 e. The molecule has 102 valence electrons. The zero-order valence-corrected chi connectivity index (χ0v) is 12.8. The highest BCUT2D eigenvalue weighted by Crippen LogP contribution is 2.40. The van der Waals surface area contributed by atoms with E-state index in [1.54, 1.807) is 0 Å². The Morgan fingerprint density at radius 1 is 1.26 bits per heavy atom. The molecule has 3 rings (SSSR count). The van der Waals surface area contributed by atoms with Crippen molar-refractivity contribution >= 4 is 34.2 Å². The molecule has 1 aromatic carbocycles. The smallest absolute Gasteiger partial charge is 0.161 e. The second kappa shape index (κ2) is 5.37. The minimum absolute atomic E-state index is 0.220. The van der Waals surface area contributed by atoms with Crippen molar-refractivity contribution in [3.05, 3.63) is 28.8 Å². The van der Waals surface area contributed by atoms with E-state index < -0.39 is 0 Å². The number of rotatable bonds is 1. The van der Waals surface area contributed by atoms with Crippen molar-refractivity contribution in [3.63, 3.8) is 0 Å². The second-order valence-corrected chi connectivity index (χ2v) is 6.90. The number of anilines is 1. The SMILES string of the molecule is Cc1c(Cl)cccc1NC1=NC2(CCCCC2)CS1. The van der Waals surface area contributed by atoms with Crippen molar-refractivity contribution in [1.82, 2.24) is 0 Å². The van der Waals surface area contributed by atoms with E-state index in [0.29, 0.717) is 0 Å². The van der Waals surface area contributed by atoms with Crippen LogP contribution in [0.5, 0.6) is 0 Å². The number of thioether (sulfide) groups is 1. The number of amidine groups is 1. The van der Waals surface area contributed by atoms with Crippen molar-refractivity contribution in [3.8, 4) is 0 Å². The maximum atomic E-state index is 6.15. The van der Waals surface area contributed by atoms with Gasteiger partial charge in [-0.1, -0.05) is 48.7 Å². The number of nitrogens with one attached hydrogen (secondary N) is 1. The van der Waals surface area contributed by atoms with Crippen LogP contribution in [-0.4, -0.2) is 16.5 Å². The molecule has 4 heteroatoms. The molecule has 0 bridgehead atoms. The Morgan fingerprint density at radius 2 is 2.05 bits per heavy atom. The quantitative estimate of drug-likeness (QED) is 0.799. The number of hydrogen-bond acceptors (Lipinski definition) is 3. The van der Waals surface area contributed by atoms with Gasteiger partial charge in [0.25, 0.3) is 0 Å². The van der Waals surface area contributed by atoms with E-state index in [4.69, 9.17) is 16.6 Å². The van der Waals surface area contributed by atoms with Crippen LogP contribution < -0.4 is 5.32 Å². The van der Waals surface area contributed by atoms with Gasteiger partial charge in [-0.05, 0) is 37.5 Å². The van der Waals surface area contributed by atoms with E-state index in [1.165, 1.54) is 32.1 Å². The lowest BCUT2D eigenvalue weighted by atomic mass is 9.84. The van der Waals surface area contributed by atoms with Crippen molar-refractivity contribution < 1.29 is 0 Å². The third-order valence-electron chi connectivity index (χ3n) is 4.11. The van der Waals surface area contributed by atoms with Gasteiger partial charge in [-0.15, -0.1) is 0 Å². The first kappa shape index (κ1) is 13.3. The lowest BCUT2D eigenvalue weighted by molar-refractivity contribution is 0.335. The minimum atomic E-state index is 0.220. The van der Waals surface area contributed by atoms with E-state index in [0.717, 1.165) is 27.2 Å². The van der Waals surface area contributed by atoms with Crippen LogP contribution in [0, 0.1) is 6.92 Å². The summed E-state index contributed by atoms with van der Waals surface area (Å²) in [6.07, 6.45) is 6.53. The molecule has 0 saturated heterocycles. The van der Waals surface area contributed by atoms with Gasteiger partial charge in [-0.3, -0.25) is 4.99 Å². The minimum Gasteiger partial charge on any atom is -0.335 e. The molecule has 1 aliphatic carbocycles. The van der Waals surface area contributed by atoms with Crippen LogP contribution >= 0.6 is 23.4 Å². The third-order valence-corrected chi connectivity index (χ3v) is 5.67. The Balaban J connectivity index is 1.77. The molecule has 0 aromatic heterocycles. The summed E-state index contributed by atoms with van der Waals surface area (Å²) < 4.78 is 0. The Labute approximate surface area is 124 Å². The van der Waals surface area contributed by atoms with Gasteiger partial charge in [0, 0.05) is 16.5 Å². The van der Waals surface area contributed by atoms with Gasteiger partial charge >= 0.3 is 0 Å². The Kier molecular flexibility index (Phi) is 3.77. The van der Waals surface area contributed by atoms with Gasteiger partial charge < -0.3 is 5.32 Å². The number of benzene rings is 1. The predicted molar refractivity (Wildman–Crippen MR) is 85.5 cm³/mol. The fraction of sp³-hybridized carbons (Fsp3) is 0.533. The lowest BCUT2D eigenvalue weighted by Crippen LogP contribution is -2.29. The molecule has 1 fully saturated rings. The molecule has 1 heterocycles. The zero-order chi connectivity index (χ0) is 13.3. The Bertz CT molecular complexity index is 507. The summed E-state index contributed by atoms with van der Waals surface area (Å²) in [5.41, 5.74) is 2.39. The van der Waals surface area contributed by atoms with Crippen LogP contribution in [0.4, 0.5) is 5.69 Å². The summed E-state index contributed by atoms with van der Waals surface area (Å²) in [5, 5.41) is 5.32. The first-order chi connectivity index (χ1) is 9.19. The Hall–Kier alpha value is -0.670. The molecule has 1 saturated carbocycles. The van der Waals surface area contributed by atoms with Gasteiger partial charge in [0.1, 0.15) is 0 Å². The van der Waals surface area contributed by atoms with Crippen LogP contribution in [0.1, 0.15) is 37.7 Å². The highest BCUT2D eigenvalue weighted by atomic mass is 35.5. The van der Waals surface area contributed by atoms with Crippen LogP contribution in [0.25, 0.3) is 0 Å². The maximum absolute atomic E-state index is 6.15. The van der Waals surface area contributed by atoms with Gasteiger partial charge in [0.2, 0.25) is 0 Å². The monoisotopic (exact) mass is 294 g/mol. The predicted octanol–water partition coefficient (Wildman–Crippen LogP) is 4.87. The summed E-state index contributed by atoms with van der Waals surface area (Å²) in [5.74, 6) is 1.13. The summed E-state index contributed by atoms with van der Waals surface area (Å²) in [6.45, 7) is 2.04. The van der Waals surface area contributed by atoms with Crippen molar-refractivity contribution in [2.75, 3.05) is 11.1 Å². The van der Waals surface area contributed by atoms with Gasteiger partial charge in [0.05, 0.1) is 5.54 Å². The number of nitrogens with zero attached hydrogens (tertiary/aromatic N) is 1. The first-order valence-corrected chi connectivity index (χ1v) is 8.30. The molecule has 19 heavy (non-hydrogen) atoms. The fourth-order valence-electron chi connectivity index (χ4n) is 2.87. The molecule has 0 unspecified atom stereocenters. The van der Waals surface area contributed by atoms with Gasteiger partial charge in [0.15, 0.2) is 5.17 Å². The highest BCUT2D eigenvalue weighted by molar-refractivity contribution is 8.14. The molecule has 2 aliphatic rings. The fourth-order valence-corrected chi connectivity index (χ4v) is 4.24. The molecular formula is C15H19ClN2S. The molecule has 1 aromatic rings. The average Bonchev–Trinajstić information content (AvgIpc) is 2.79. The summed E-state index contributed by atoms with van der Waals surface area (Å²) >= 11 is 8.01. The van der Waals surface area contributed by atoms with E-state index in [1.807, 2.05) is 30.8 Å². The molecule has 1 N–H and O–H groups in total. The highest BCUT2D eigenvalue weighted by Gasteiger charge is 2.36. The Morgan fingerprint density at radius 3 is 2.84 bits per heavy atom. The van der Waals surface area contributed by atoms with Gasteiger partial charge in [-0.25, -0.2) is 0 Å². The topological polar surface area (TPSA) is 24.4 Å². The summed E-state index contributed by atoms with van der Waals surface area (Å²) in [4.78, 5) is 4.97. The molecule has 1 aliphatic heterocycles. The van der Waals surface area contributed by atoms with Crippen molar-refractivity contribution in [2.45, 2.75) is 44.6 Å².